The minimum absolute atomic E-state index is 0.750. The van der Waals surface area contributed by atoms with Gasteiger partial charge in [0.15, 0.2) is 0 Å². The molecule has 0 aromatic rings. The van der Waals surface area contributed by atoms with E-state index in [1.165, 1.54) is 5.92 Å². The Labute approximate surface area is 62.3 Å². The molecule has 0 spiro atoms. The van der Waals surface area contributed by atoms with Gasteiger partial charge >= 0.3 is 23.7 Å². The zero-order chi connectivity index (χ0) is 6.99. The molecule has 47 valence electrons. The molecule has 0 aromatic heterocycles. The first kappa shape index (κ1) is 11.3. The van der Waals surface area contributed by atoms with Gasteiger partial charge in [-0.15, -0.1) is 0 Å². The van der Waals surface area contributed by atoms with Crippen LogP contribution in [0.1, 0.15) is 13.8 Å². The van der Waals surface area contributed by atoms with E-state index in [0.717, 1.165) is 27.0 Å². The molecule has 0 N–H and O–H groups in total. The second-order valence-electron chi connectivity index (χ2n) is 1.64. The summed E-state index contributed by atoms with van der Waals surface area (Å²) >= 11 is 0.750. The molecule has 0 aromatic carbocycles. The molecule has 0 rings (SSSR count). The number of rotatable bonds is 2. The Morgan fingerprint density at radius 2 is 1.88 bits per heavy atom. The van der Waals surface area contributed by atoms with Gasteiger partial charge in [0, 0.05) is 7.11 Å². The zero-order valence-corrected chi connectivity index (χ0v) is 7.09. The molecular formula is C5H11O2Ti. The van der Waals surface area contributed by atoms with Gasteiger partial charge in [-0.1, -0.05) is 6.61 Å². The molecule has 0 aliphatic rings. The van der Waals surface area contributed by atoms with E-state index in [-0.39, 0.29) is 0 Å². The summed E-state index contributed by atoms with van der Waals surface area (Å²) < 4.78 is 13.0. The molecule has 0 atom stereocenters. The Balaban J connectivity index is 0. The average Bonchev–Trinajstić information content (AvgIpc) is 1.72. The number of hydrogen-bond acceptors (Lipinski definition) is 2. The van der Waals surface area contributed by atoms with Crippen LogP contribution in [0, 0.1) is 5.92 Å². The second-order valence-corrected chi connectivity index (χ2v) is 1.64. The predicted molar refractivity (Wildman–Crippen MR) is 27.2 cm³/mol. The summed E-state index contributed by atoms with van der Waals surface area (Å²) in [5.74, 6) is 1.32. The van der Waals surface area contributed by atoms with Gasteiger partial charge in [-0.3, -0.25) is 5.92 Å². The molecule has 0 saturated heterocycles. The van der Waals surface area contributed by atoms with Crippen LogP contribution in [-0.4, -0.2) is 13.7 Å². The van der Waals surface area contributed by atoms with Crippen LogP contribution in [0.25, 0.3) is 0 Å². The molecule has 0 amide bonds. The van der Waals surface area contributed by atoms with Crippen LogP contribution in [0.2, 0.25) is 0 Å². The summed E-state index contributed by atoms with van der Waals surface area (Å²) in [7, 11) is 1.70. The summed E-state index contributed by atoms with van der Waals surface area (Å²) in [5.41, 5.74) is 0. The van der Waals surface area contributed by atoms with E-state index in [9.17, 15) is 0 Å². The minimum atomic E-state index is 0.750. The molecule has 0 radical (unpaired) electrons. The quantitative estimate of drug-likeness (QED) is 0.436. The van der Waals surface area contributed by atoms with Crippen molar-refractivity contribution in [1.82, 2.24) is 0 Å². The van der Waals surface area contributed by atoms with Crippen LogP contribution in [0.15, 0.2) is 0 Å². The predicted octanol–water partition coefficient (Wildman–Crippen LogP) is 1.13. The van der Waals surface area contributed by atoms with E-state index < -0.39 is 0 Å². The number of methoxy groups -OCH3 is 1. The Morgan fingerprint density at radius 3 is 1.88 bits per heavy atom. The van der Waals surface area contributed by atoms with Crippen LogP contribution in [-0.2, 0) is 28.5 Å². The summed E-state index contributed by atoms with van der Waals surface area (Å²) in [4.78, 5) is 0. The van der Waals surface area contributed by atoms with Crippen LogP contribution < -0.4 is 0 Å². The van der Waals surface area contributed by atoms with Gasteiger partial charge in [-0.25, -0.2) is 0 Å². The number of ether oxygens (including phenoxy) is 1. The Morgan fingerprint density at radius 1 is 1.50 bits per heavy atom. The van der Waals surface area contributed by atoms with Crippen molar-refractivity contribution in [1.29, 1.82) is 0 Å². The van der Waals surface area contributed by atoms with E-state index in [1.807, 2.05) is 13.8 Å². The molecule has 0 bridgehead atoms. The van der Waals surface area contributed by atoms with Gasteiger partial charge in [0.2, 0.25) is 0 Å². The molecule has 3 heteroatoms. The summed E-state index contributed by atoms with van der Waals surface area (Å²) in [6, 6.07) is 0. The van der Waals surface area contributed by atoms with Crippen molar-refractivity contribution >= 4 is 0 Å². The Kier molecular flexibility index (Phi) is 14.8. The monoisotopic (exact) mass is 151 g/mol. The molecule has 0 fully saturated rings. The molecule has 2 nitrogen and oxygen atoms in total. The fourth-order valence-corrected chi connectivity index (χ4v) is 0.289. The molecule has 0 aliphatic carbocycles. The van der Waals surface area contributed by atoms with Gasteiger partial charge in [0.25, 0.3) is 0 Å². The van der Waals surface area contributed by atoms with Gasteiger partial charge < -0.3 is 4.74 Å². The van der Waals surface area contributed by atoms with E-state index in [1.54, 1.807) is 7.11 Å². The molecule has 0 saturated carbocycles. The third-order valence-electron chi connectivity index (χ3n) is 0.433. The summed E-state index contributed by atoms with van der Waals surface area (Å²) in [6.45, 7) is 4.88. The van der Waals surface area contributed by atoms with Gasteiger partial charge in [-0.2, -0.15) is 13.8 Å². The van der Waals surface area contributed by atoms with Crippen molar-refractivity contribution in [2.45, 2.75) is 13.8 Å². The zero-order valence-electron chi connectivity index (χ0n) is 5.52. The average molecular weight is 151 g/mol. The van der Waals surface area contributed by atoms with Crippen molar-refractivity contribution in [3.63, 3.8) is 0 Å². The molecule has 8 heavy (non-hydrogen) atoms. The van der Waals surface area contributed by atoms with Crippen LogP contribution in [0.5, 0.6) is 0 Å². The first-order valence-corrected chi connectivity index (χ1v) is 2.89. The SMILES string of the molecule is COC[C-](C)C.[O]=[Ti+]. The molecule has 0 heterocycles. The maximum absolute atomic E-state index is 8.25. The normalized spacial score (nSPS) is 8.25. The van der Waals surface area contributed by atoms with E-state index in [4.69, 9.17) is 8.06 Å². The Hall–Kier alpha value is 0.474. The van der Waals surface area contributed by atoms with Crippen LogP contribution >= 0.6 is 0 Å². The Bertz CT molecular complexity index is 39.4. The summed E-state index contributed by atoms with van der Waals surface area (Å²) in [5, 5.41) is 0. The van der Waals surface area contributed by atoms with Crippen LogP contribution in [0.4, 0.5) is 0 Å². The number of hydrogen-bond donors (Lipinski definition) is 0. The van der Waals surface area contributed by atoms with Gasteiger partial charge in [-0.05, 0) is 0 Å². The van der Waals surface area contributed by atoms with Crippen molar-refractivity contribution in [2.24, 2.45) is 0 Å². The van der Waals surface area contributed by atoms with Crippen molar-refractivity contribution in [2.75, 3.05) is 13.7 Å². The second kappa shape index (κ2) is 10.5. The topological polar surface area (TPSA) is 26.3 Å². The summed E-state index contributed by atoms with van der Waals surface area (Å²) in [6.07, 6.45) is 0. The fraction of sp³-hybridized carbons (Fsp3) is 0.800. The third kappa shape index (κ3) is 16.1. The maximum atomic E-state index is 8.25. The van der Waals surface area contributed by atoms with Gasteiger partial charge in [0.05, 0.1) is 0 Å². The molecule has 0 unspecified atom stereocenters. The van der Waals surface area contributed by atoms with Crippen molar-refractivity contribution in [3.05, 3.63) is 5.92 Å². The first-order chi connectivity index (χ1) is 3.77. The van der Waals surface area contributed by atoms with E-state index in [0.29, 0.717) is 0 Å². The van der Waals surface area contributed by atoms with Gasteiger partial charge in [0.1, 0.15) is 0 Å². The van der Waals surface area contributed by atoms with Crippen LogP contribution in [0.3, 0.4) is 0 Å². The fourth-order valence-electron chi connectivity index (χ4n) is 0.289. The van der Waals surface area contributed by atoms with Crippen molar-refractivity contribution < 1.29 is 28.5 Å². The standard InChI is InChI=1S/C5H11O.O.Ti/c1-5(2)4-6-3;;/h4H2,1-3H3;;/q-1;;+1. The third-order valence-corrected chi connectivity index (χ3v) is 0.433. The van der Waals surface area contributed by atoms with Crippen molar-refractivity contribution in [3.8, 4) is 0 Å². The van der Waals surface area contributed by atoms with E-state index in [2.05, 4.69) is 0 Å². The first-order valence-electron chi connectivity index (χ1n) is 2.25. The molecular weight excluding hydrogens is 140 g/mol. The van der Waals surface area contributed by atoms with E-state index >= 15 is 0 Å². The molecule has 0 aliphatic heterocycles.